The number of aromatic nitrogens is 6. The Bertz CT molecular complexity index is 1610. The molecule has 170 valence electrons. The monoisotopic (exact) mass is 480 g/mol. The molecule has 0 aliphatic heterocycles. The van der Waals surface area contributed by atoms with Crippen molar-refractivity contribution in [2.75, 3.05) is 10.0 Å². The minimum atomic E-state index is -4.20. The lowest BCUT2D eigenvalue weighted by Crippen LogP contribution is -2.16. The van der Waals surface area contributed by atoms with Gasteiger partial charge in [0.15, 0.2) is 16.5 Å². The summed E-state index contributed by atoms with van der Waals surface area (Å²) >= 11 is 0. The van der Waals surface area contributed by atoms with Gasteiger partial charge in [-0.15, -0.1) is 0 Å². The lowest BCUT2D eigenvalue weighted by molar-refractivity contribution is 0.587. The summed E-state index contributed by atoms with van der Waals surface area (Å²) in [5.74, 6) is -2.03. The van der Waals surface area contributed by atoms with Crippen LogP contribution in [-0.4, -0.2) is 38.3 Å². The molecule has 3 N–H and O–H groups in total. The quantitative estimate of drug-likeness (QED) is 0.335. The summed E-state index contributed by atoms with van der Waals surface area (Å²) < 4.78 is 57.1. The highest BCUT2D eigenvalue weighted by Gasteiger charge is 2.22. The Labute approximate surface area is 191 Å². The third kappa shape index (κ3) is 3.88. The van der Waals surface area contributed by atoms with E-state index in [1.807, 2.05) is 0 Å². The fraction of sp³-hybridized carbons (Fsp3) is 0. The number of sulfonamides is 1. The van der Waals surface area contributed by atoms with Crippen molar-refractivity contribution in [3.05, 3.63) is 79.1 Å². The minimum absolute atomic E-state index is 0.0830. The Kier molecular flexibility index (Phi) is 5.30. The average molecular weight is 480 g/mol. The summed E-state index contributed by atoms with van der Waals surface area (Å²) in [5.41, 5.74) is 0.670. The van der Waals surface area contributed by atoms with E-state index in [-0.39, 0.29) is 10.8 Å². The van der Waals surface area contributed by atoms with Crippen LogP contribution in [0.1, 0.15) is 0 Å². The fourth-order valence-corrected chi connectivity index (χ4v) is 4.24. The van der Waals surface area contributed by atoms with Crippen LogP contribution >= 0.6 is 0 Å². The third-order valence-electron chi connectivity index (χ3n) is 4.78. The first-order valence-electron chi connectivity index (χ1n) is 9.72. The van der Waals surface area contributed by atoms with Crippen molar-refractivity contribution in [1.29, 1.82) is 0 Å². The predicted octanol–water partition coefficient (Wildman–Crippen LogP) is 3.63. The molecular formula is C21H14F2N8O2S. The van der Waals surface area contributed by atoms with Crippen LogP contribution in [0, 0.1) is 11.6 Å². The van der Waals surface area contributed by atoms with Crippen molar-refractivity contribution in [3.8, 4) is 11.3 Å². The molecule has 0 aliphatic carbocycles. The number of pyridine rings is 2. The van der Waals surface area contributed by atoms with Gasteiger partial charge in [0.2, 0.25) is 0 Å². The van der Waals surface area contributed by atoms with Crippen LogP contribution in [0.25, 0.3) is 22.4 Å². The number of fused-ring (bicyclic) bond motifs is 1. The second kappa shape index (κ2) is 8.44. The smallest absolute Gasteiger partial charge is 0.279 e. The first-order valence-corrected chi connectivity index (χ1v) is 11.2. The number of nitrogens with one attached hydrogen (secondary N) is 3. The van der Waals surface area contributed by atoms with E-state index >= 15 is 4.39 Å². The van der Waals surface area contributed by atoms with Crippen LogP contribution < -0.4 is 10.0 Å². The van der Waals surface area contributed by atoms with Crippen molar-refractivity contribution in [2.24, 2.45) is 0 Å². The maximum Gasteiger partial charge on any atom is 0.279 e. The van der Waals surface area contributed by atoms with Crippen LogP contribution in [0.2, 0.25) is 0 Å². The largest absolute Gasteiger partial charge is 0.341 e. The van der Waals surface area contributed by atoms with Crippen LogP contribution in [0.15, 0.2) is 72.5 Å². The van der Waals surface area contributed by atoms with E-state index in [0.717, 1.165) is 12.1 Å². The van der Waals surface area contributed by atoms with Crippen molar-refractivity contribution < 1.29 is 17.2 Å². The molecule has 5 rings (SSSR count). The molecule has 13 heteroatoms. The number of rotatable bonds is 6. The topological polar surface area (TPSA) is 138 Å². The van der Waals surface area contributed by atoms with E-state index in [4.69, 9.17) is 0 Å². The molecule has 0 atom stereocenters. The van der Waals surface area contributed by atoms with Gasteiger partial charge in [0.05, 0.1) is 12.0 Å². The molecule has 0 unspecified atom stereocenters. The van der Waals surface area contributed by atoms with Gasteiger partial charge in [0.1, 0.15) is 34.9 Å². The Balaban J connectivity index is 1.54. The normalized spacial score (nSPS) is 11.5. The zero-order valence-corrected chi connectivity index (χ0v) is 17.9. The SMILES string of the molecule is O=S(=O)(Nc1ccc(F)c(Nc2ncccc2-c2ncnc3nc[nH]c23)c1F)c1ccccn1. The third-order valence-corrected chi connectivity index (χ3v) is 6.06. The summed E-state index contributed by atoms with van der Waals surface area (Å²) in [4.78, 5) is 23.3. The first kappa shape index (κ1) is 21.3. The molecule has 0 saturated carbocycles. The molecule has 0 amide bonds. The van der Waals surface area contributed by atoms with Gasteiger partial charge in [0, 0.05) is 18.0 Å². The second-order valence-electron chi connectivity index (χ2n) is 6.91. The molecule has 0 fully saturated rings. The highest BCUT2D eigenvalue weighted by molar-refractivity contribution is 7.92. The molecule has 10 nitrogen and oxygen atoms in total. The number of benzene rings is 1. The summed E-state index contributed by atoms with van der Waals surface area (Å²) in [5, 5.41) is 2.31. The average Bonchev–Trinajstić information content (AvgIpc) is 3.34. The number of hydrogen-bond acceptors (Lipinski definition) is 8. The zero-order valence-electron chi connectivity index (χ0n) is 17.1. The van der Waals surface area contributed by atoms with Crippen LogP contribution in [0.4, 0.5) is 26.0 Å². The van der Waals surface area contributed by atoms with Crippen molar-refractivity contribution in [3.63, 3.8) is 0 Å². The van der Waals surface area contributed by atoms with E-state index in [9.17, 15) is 12.8 Å². The zero-order chi connectivity index (χ0) is 23.7. The van der Waals surface area contributed by atoms with Gasteiger partial charge in [-0.1, -0.05) is 6.07 Å². The van der Waals surface area contributed by atoms with Crippen LogP contribution in [0.3, 0.4) is 0 Å². The van der Waals surface area contributed by atoms with Crippen LogP contribution in [-0.2, 0) is 10.0 Å². The molecular weight excluding hydrogens is 466 g/mol. The summed E-state index contributed by atoms with van der Waals surface area (Å²) in [7, 11) is -4.20. The fourth-order valence-electron chi connectivity index (χ4n) is 3.23. The van der Waals surface area contributed by atoms with Crippen molar-refractivity contribution >= 4 is 38.4 Å². The lowest BCUT2D eigenvalue weighted by atomic mass is 10.1. The Morgan fingerprint density at radius 1 is 0.882 bits per heavy atom. The summed E-state index contributed by atoms with van der Waals surface area (Å²) in [6.07, 6.45) is 5.47. The maximum absolute atomic E-state index is 15.3. The van der Waals surface area contributed by atoms with Gasteiger partial charge in [-0.05, 0) is 36.4 Å². The van der Waals surface area contributed by atoms with Gasteiger partial charge in [-0.3, -0.25) is 4.72 Å². The number of aromatic amines is 1. The highest BCUT2D eigenvalue weighted by atomic mass is 32.2. The molecule has 0 spiro atoms. The highest BCUT2D eigenvalue weighted by Crippen LogP contribution is 2.34. The number of anilines is 3. The van der Waals surface area contributed by atoms with Crippen molar-refractivity contribution in [1.82, 2.24) is 29.9 Å². The molecule has 1 aromatic carbocycles. The summed E-state index contributed by atoms with van der Waals surface area (Å²) in [6.45, 7) is 0. The molecule has 0 bridgehead atoms. The van der Waals surface area contributed by atoms with E-state index < -0.39 is 33.0 Å². The van der Waals surface area contributed by atoms with Gasteiger partial charge in [-0.25, -0.2) is 33.7 Å². The van der Waals surface area contributed by atoms with E-state index in [2.05, 4.69) is 39.9 Å². The first-order chi connectivity index (χ1) is 16.4. The molecule has 0 radical (unpaired) electrons. The number of imidazole rings is 1. The van der Waals surface area contributed by atoms with Crippen LogP contribution in [0.5, 0.6) is 0 Å². The van der Waals surface area contributed by atoms with Gasteiger partial charge in [-0.2, -0.15) is 8.42 Å². The number of H-pyrrole nitrogens is 1. The molecule has 4 aromatic heterocycles. The summed E-state index contributed by atoms with van der Waals surface area (Å²) in [6, 6.07) is 9.47. The van der Waals surface area contributed by atoms with Gasteiger partial charge in [0.25, 0.3) is 10.0 Å². The number of hydrogen-bond donors (Lipinski definition) is 3. The Hall–Kier alpha value is -4.52. The number of nitrogens with zero attached hydrogens (tertiary/aromatic N) is 5. The molecule has 34 heavy (non-hydrogen) atoms. The standard InChI is InChI=1S/C21H14F2N8O2S/c22-13-6-7-14(31-34(32,33)15-5-1-2-8-24-15)16(23)18(13)30-20-12(4-3-9-25-20)17-19-21(28-10-26-17)29-11-27-19/h1-11,31H,(H,25,30)(H,26,27,28,29). The molecule has 0 aliphatic rings. The molecule has 0 saturated heterocycles. The van der Waals surface area contributed by atoms with Crippen molar-refractivity contribution in [2.45, 2.75) is 5.03 Å². The lowest BCUT2D eigenvalue weighted by Gasteiger charge is -2.15. The molecule has 4 heterocycles. The predicted molar refractivity (Wildman–Crippen MR) is 120 cm³/mol. The number of halogens is 2. The Morgan fingerprint density at radius 2 is 1.74 bits per heavy atom. The van der Waals surface area contributed by atoms with Gasteiger partial charge >= 0.3 is 0 Å². The van der Waals surface area contributed by atoms with E-state index in [1.54, 1.807) is 18.2 Å². The van der Waals surface area contributed by atoms with E-state index in [1.165, 1.54) is 37.2 Å². The Morgan fingerprint density at radius 3 is 2.56 bits per heavy atom. The van der Waals surface area contributed by atoms with Gasteiger partial charge < -0.3 is 10.3 Å². The molecule has 5 aromatic rings. The minimum Gasteiger partial charge on any atom is -0.341 e. The maximum atomic E-state index is 15.3. The second-order valence-corrected chi connectivity index (χ2v) is 8.53. The van der Waals surface area contributed by atoms with E-state index in [0.29, 0.717) is 22.4 Å².